The van der Waals surface area contributed by atoms with Gasteiger partial charge in [0.15, 0.2) is 0 Å². The van der Waals surface area contributed by atoms with Crippen LogP contribution in [0.4, 0.5) is 4.79 Å². The van der Waals surface area contributed by atoms with Gasteiger partial charge in [0.2, 0.25) is 0 Å². The van der Waals surface area contributed by atoms with Crippen LogP contribution in [0.5, 0.6) is 0 Å². The lowest BCUT2D eigenvalue weighted by molar-refractivity contribution is -0.141. The molecule has 0 aliphatic rings. The number of rotatable bonds is 6. The van der Waals surface area contributed by atoms with Crippen LogP contribution < -0.4 is 10.6 Å². The van der Waals surface area contributed by atoms with Gasteiger partial charge in [0.1, 0.15) is 0 Å². The number of aryl methyl sites for hydroxylation is 1. The van der Waals surface area contributed by atoms with E-state index in [-0.39, 0.29) is 18.6 Å². The molecule has 0 aromatic heterocycles. The summed E-state index contributed by atoms with van der Waals surface area (Å²) in [6.07, 6.45) is 0.489. The van der Waals surface area contributed by atoms with Gasteiger partial charge in [-0.15, -0.1) is 0 Å². The molecule has 0 radical (unpaired) electrons. The Balaban J connectivity index is 2.50. The summed E-state index contributed by atoms with van der Waals surface area (Å²) < 4.78 is 0. The lowest BCUT2D eigenvalue weighted by Crippen LogP contribution is -2.40. The zero-order chi connectivity index (χ0) is 15.1. The molecule has 3 N–H and O–H groups in total. The number of urea groups is 1. The van der Waals surface area contributed by atoms with Crippen LogP contribution >= 0.6 is 0 Å². The largest absolute Gasteiger partial charge is 0.481 e. The van der Waals surface area contributed by atoms with Gasteiger partial charge in [-0.05, 0) is 31.4 Å². The van der Waals surface area contributed by atoms with Crippen molar-refractivity contribution in [2.75, 3.05) is 6.54 Å². The maximum atomic E-state index is 11.8. The van der Waals surface area contributed by atoms with E-state index in [1.807, 2.05) is 38.1 Å². The Labute approximate surface area is 119 Å². The van der Waals surface area contributed by atoms with Gasteiger partial charge >= 0.3 is 12.0 Å². The molecule has 5 heteroatoms. The molecule has 2 unspecified atom stereocenters. The molecule has 2 amide bonds. The van der Waals surface area contributed by atoms with E-state index in [0.717, 1.165) is 11.1 Å². The van der Waals surface area contributed by atoms with Crippen molar-refractivity contribution in [1.82, 2.24) is 10.6 Å². The first-order chi connectivity index (χ1) is 9.45. The van der Waals surface area contributed by atoms with Crippen molar-refractivity contribution < 1.29 is 14.7 Å². The molecule has 0 aliphatic carbocycles. The topological polar surface area (TPSA) is 78.4 Å². The molecule has 0 fully saturated rings. The van der Waals surface area contributed by atoms with E-state index < -0.39 is 11.9 Å². The third kappa shape index (κ3) is 4.57. The minimum Gasteiger partial charge on any atom is -0.481 e. The first kappa shape index (κ1) is 16.0. The number of aliphatic carboxylic acids is 1. The Morgan fingerprint density at radius 1 is 1.30 bits per heavy atom. The second-order valence-electron chi connectivity index (χ2n) is 4.88. The standard InChI is InChI=1S/C15H22N2O3/c1-4-12(14(18)19)9-16-15(20)17-11(3)13-8-6-5-7-10(13)2/h5-8,11-12H,4,9H2,1-3H3,(H,18,19)(H2,16,17,20). The third-order valence-corrected chi connectivity index (χ3v) is 3.35. The Kier molecular flexibility index (Phi) is 6.03. The van der Waals surface area contributed by atoms with E-state index in [1.54, 1.807) is 6.92 Å². The maximum absolute atomic E-state index is 11.8. The van der Waals surface area contributed by atoms with Crippen molar-refractivity contribution in [2.45, 2.75) is 33.2 Å². The van der Waals surface area contributed by atoms with Gasteiger partial charge < -0.3 is 15.7 Å². The number of carboxylic acid groups (broad SMARTS) is 1. The molecule has 20 heavy (non-hydrogen) atoms. The number of amides is 2. The fourth-order valence-corrected chi connectivity index (χ4v) is 2.02. The van der Waals surface area contributed by atoms with Gasteiger partial charge in [-0.25, -0.2) is 4.79 Å². The summed E-state index contributed by atoms with van der Waals surface area (Å²) in [6, 6.07) is 7.36. The molecule has 110 valence electrons. The Morgan fingerprint density at radius 3 is 2.50 bits per heavy atom. The van der Waals surface area contributed by atoms with E-state index in [0.29, 0.717) is 6.42 Å². The van der Waals surface area contributed by atoms with Crippen LogP contribution in [-0.4, -0.2) is 23.7 Å². The number of nitrogens with one attached hydrogen (secondary N) is 2. The van der Waals surface area contributed by atoms with Crippen LogP contribution in [0.3, 0.4) is 0 Å². The average Bonchev–Trinajstić information content (AvgIpc) is 2.39. The van der Waals surface area contributed by atoms with Crippen LogP contribution in [-0.2, 0) is 4.79 Å². The number of carboxylic acids is 1. The lowest BCUT2D eigenvalue weighted by Gasteiger charge is -2.18. The van der Waals surface area contributed by atoms with Crippen LogP contribution in [0.2, 0.25) is 0 Å². The summed E-state index contributed by atoms with van der Waals surface area (Å²) >= 11 is 0. The quantitative estimate of drug-likeness (QED) is 0.748. The second-order valence-corrected chi connectivity index (χ2v) is 4.88. The second kappa shape index (κ2) is 7.53. The van der Waals surface area contributed by atoms with Gasteiger partial charge in [-0.2, -0.15) is 0 Å². The summed E-state index contributed by atoms with van der Waals surface area (Å²) in [7, 11) is 0. The van der Waals surface area contributed by atoms with Crippen molar-refractivity contribution in [3.8, 4) is 0 Å². The SMILES string of the molecule is CCC(CNC(=O)NC(C)c1ccccc1C)C(=O)O. The van der Waals surface area contributed by atoms with Gasteiger partial charge in [-0.1, -0.05) is 31.2 Å². The number of hydrogen-bond acceptors (Lipinski definition) is 2. The van der Waals surface area contributed by atoms with Crippen molar-refractivity contribution in [1.29, 1.82) is 0 Å². The Bertz CT molecular complexity index is 474. The minimum atomic E-state index is -0.889. The van der Waals surface area contributed by atoms with E-state index in [9.17, 15) is 9.59 Å². The van der Waals surface area contributed by atoms with Gasteiger partial charge in [-0.3, -0.25) is 4.79 Å². The first-order valence-electron chi connectivity index (χ1n) is 6.78. The molecule has 2 atom stereocenters. The number of hydrogen-bond donors (Lipinski definition) is 3. The van der Waals surface area contributed by atoms with Gasteiger partial charge in [0.25, 0.3) is 0 Å². The molecule has 0 spiro atoms. The molecule has 5 nitrogen and oxygen atoms in total. The van der Waals surface area contributed by atoms with Crippen LogP contribution in [0, 0.1) is 12.8 Å². The van der Waals surface area contributed by atoms with Crippen LogP contribution in [0.1, 0.15) is 37.4 Å². The van der Waals surface area contributed by atoms with Gasteiger partial charge in [0.05, 0.1) is 12.0 Å². The molecule has 1 aromatic carbocycles. The fraction of sp³-hybridized carbons (Fsp3) is 0.467. The predicted octanol–water partition coefficient (Wildman–Crippen LogP) is 2.47. The molecule has 0 heterocycles. The predicted molar refractivity (Wildman–Crippen MR) is 77.5 cm³/mol. The Hall–Kier alpha value is -2.04. The summed E-state index contributed by atoms with van der Waals surface area (Å²) in [4.78, 5) is 22.6. The van der Waals surface area contributed by atoms with E-state index in [1.165, 1.54) is 0 Å². The zero-order valence-corrected chi connectivity index (χ0v) is 12.1. The summed E-state index contributed by atoms with van der Waals surface area (Å²) in [5.74, 6) is -1.44. The highest BCUT2D eigenvalue weighted by molar-refractivity contribution is 5.76. The number of benzene rings is 1. The van der Waals surface area contributed by atoms with Crippen LogP contribution in [0.15, 0.2) is 24.3 Å². The van der Waals surface area contributed by atoms with Crippen molar-refractivity contribution in [3.63, 3.8) is 0 Å². The molecule has 1 aromatic rings. The average molecular weight is 278 g/mol. The molecular weight excluding hydrogens is 256 g/mol. The first-order valence-corrected chi connectivity index (χ1v) is 6.78. The van der Waals surface area contributed by atoms with Crippen molar-refractivity contribution in [3.05, 3.63) is 35.4 Å². The van der Waals surface area contributed by atoms with Gasteiger partial charge in [0, 0.05) is 6.54 Å². The molecular formula is C15H22N2O3. The summed E-state index contributed by atoms with van der Waals surface area (Å²) in [5.41, 5.74) is 2.16. The Morgan fingerprint density at radius 2 is 1.95 bits per heavy atom. The fourth-order valence-electron chi connectivity index (χ4n) is 2.02. The summed E-state index contributed by atoms with van der Waals surface area (Å²) in [5, 5.41) is 14.3. The van der Waals surface area contributed by atoms with E-state index in [4.69, 9.17) is 5.11 Å². The highest BCUT2D eigenvalue weighted by Crippen LogP contribution is 2.16. The van der Waals surface area contributed by atoms with Crippen LogP contribution in [0.25, 0.3) is 0 Å². The molecule has 0 bridgehead atoms. The zero-order valence-electron chi connectivity index (χ0n) is 12.1. The normalized spacial score (nSPS) is 13.3. The van der Waals surface area contributed by atoms with E-state index in [2.05, 4.69) is 10.6 Å². The number of carbonyl (C=O) groups is 2. The van der Waals surface area contributed by atoms with Crippen molar-refractivity contribution in [2.24, 2.45) is 5.92 Å². The smallest absolute Gasteiger partial charge is 0.315 e. The monoisotopic (exact) mass is 278 g/mol. The molecule has 0 saturated heterocycles. The molecule has 0 saturated carbocycles. The maximum Gasteiger partial charge on any atom is 0.315 e. The minimum absolute atomic E-state index is 0.124. The molecule has 0 aliphatic heterocycles. The highest BCUT2D eigenvalue weighted by atomic mass is 16.4. The molecule has 1 rings (SSSR count). The van der Waals surface area contributed by atoms with Crippen molar-refractivity contribution >= 4 is 12.0 Å². The summed E-state index contributed by atoms with van der Waals surface area (Å²) in [6.45, 7) is 5.81. The third-order valence-electron chi connectivity index (χ3n) is 3.35. The van der Waals surface area contributed by atoms with E-state index >= 15 is 0 Å². The lowest BCUT2D eigenvalue weighted by atomic mass is 10.0. The number of carbonyl (C=O) groups excluding carboxylic acids is 1. The highest BCUT2D eigenvalue weighted by Gasteiger charge is 2.17.